The third kappa shape index (κ3) is 3.10. The van der Waals surface area contributed by atoms with Gasteiger partial charge in [0.15, 0.2) is 5.78 Å². The molecule has 2 aromatic rings. The Morgan fingerprint density at radius 1 is 1.29 bits per heavy atom. The maximum Gasteiger partial charge on any atom is 0.171 e. The largest absolute Gasteiger partial charge is 0.294 e. The highest BCUT2D eigenvalue weighted by Crippen LogP contribution is 2.27. The first-order valence-electron chi connectivity index (χ1n) is 4.78. The van der Waals surface area contributed by atoms with Crippen molar-refractivity contribution < 1.29 is 4.79 Å². The molecule has 0 N–H and O–H groups in total. The SMILES string of the molecule is O=C(Cc1cc(Br)cs1)c1c(Cl)cccc1Cl. The van der Waals surface area contributed by atoms with Gasteiger partial charge in [-0.05, 0) is 34.1 Å². The summed E-state index contributed by atoms with van der Waals surface area (Å²) in [6.07, 6.45) is 0.319. The Bertz CT molecular complexity index is 545. The molecule has 0 aliphatic carbocycles. The maximum absolute atomic E-state index is 12.1. The van der Waals surface area contributed by atoms with Crippen molar-refractivity contribution in [3.05, 3.63) is 54.6 Å². The lowest BCUT2D eigenvalue weighted by Crippen LogP contribution is -2.04. The molecule has 0 bridgehead atoms. The summed E-state index contributed by atoms with van der Waals surface area (Å²) in [5.41, 5.74) is 0.403. The monoisotopic (exact) mass is 348 g/mol. The highest BCUT2D eigenvalue weighted by Gasteiger charge is 2.15. The quantitative estimate of drug-likeness (QED) is 0.692. The second kappa shape index (κ2) is 5.53. The molecule has 88 valence electrons. The van der Waals surface area contributed by atoms with E-state index < -0.39 is 0 Å². The van der Waals surface area contributed by atoms with Gasteiger partial charge < -0.3 is 0 Å². The van der Waals surface area contributed by atoms with E-state index in [0.717, 1.165) is 9.35 Å². The lowest BCUT2D eigenvalue weighted by molar-refractivity contribution is 0.0994. The summed E-state index contributed by atoms with van der Waals surface area (Å²) >= 11 is 16.9. The number of hydrogen-bond donors (Lipinski definition) is 0. The van der Waals surface area contributed by atoms with Crippen molar-refractivity contribution in [2.24, 2.45) is 0 Å². The molecule has 5 heteroatoms. The maximum atomic E-state index is 12.1. The van der Waals surface area contributed by atoms with Gasteiger partial charge in [-0.1, -0.05) is 29.3 Å². The fourth-order valence-corrected chi connectivity index (χ4v) is 3.52. The molecule has 0 fully saturated rings. The number of ketones is 1. The van der Waals surface area contributed by atoms with Crippen LogP contribution in [0.2, 0.25) is 10.0 Å². The second-order valence-electron chi connectivity index (χ2n) is 3.43. The minimum Gasteiger partial charge on any atom is -0.294 e. The topological polar surface area (TPSA) is 17.1 Å². The number of carbonyl (C=O) groups excluding carboxylic acids is 1. The van der Waals surface area contributed by atoms with Gasteiger partial charge in [-0.2, -0.15) is 0 Å². The molecule has 0 unspecified atom stereocenters. The first-order valence-corrected chi connectivity index (χ1v) is 7.21. The van der Waals surface area contributed by atoms with Crippen LogP contribution in [0.5, 0.6) is 0 Å². The van der Waals surface area contributed by atoms with Crippen LogP contribution in [0, 0.1) is 0 Å². The average Bonchev–Trinajstić information content (AvgIpc) is 2.63. The third-order valence-electron chi connectivity index (χ3n) is 2.20. The van der Waals surface area contributed by atoms with Crippen LogP contribution < -0.4 is 0 Å². The molecule has 2 rings (SSSR count). The average molecular weight is 350 g/mol. The van der Waals surface area contributed by atoms with Crippen LogP contribution >= 0.6 is 50.5 Å². The van der Waals surface area contributed by atoms with E-state index >= 15 is 0 Å². The molecule has 0 aliphatic heterocycles. The van der Waals surface area contributed by atoms with E-state index in [1.54, 1.807) is 18.2 Å². The molecule has 0 aliphatic rings. The van der Waals surface area contributed by atoms with Gasteiger partial charge in [0.1, 0.15) is 0 Å². The van der Waals surface area contributed by atoms with Crippen LogP contribution in [0.1, 0.15) is 15.2 Å². The van der Waals surface area contributed by atoms with Crippen molar-refractivity contribution in [2.75, 3.05) is 0 Å². The van der Waals surface area contributed by atoms with Crippen LogP contribution in [0.25, 0.3) is 0 Å². The Balaban J connectivity index is 2.26. The van der Waals surface area contributed by atoms with Gasteiger partial charge in [-0.15, -0.1) is 11.3 Å². The van der Waals surface area contributed by atoms with Crippen LogP contribution in [0.3, 0.4) is 0 Å². The van der Waals surface area contributed by atoms with Crippen molar-refractivity contribution >= 4 is 56.3 Å². The minimum atomic E-state index is -0.0602. The summed E-state index contributed by atoms with van der Waals surface area (Å²) in [4.78, 5) is 13.1. The van der Waals surface area contributed by atoms with Gasteiger partial charge >= 0.3 is 0 Å². The molecule has 0 amide bonds. The van der Waals surface area contributed by atoms with Crippen LogP contribution in [-0.2, 0) is 6.42 Å². The first kappa shape index (κ1) is 13.1. The summed E-state index contributed by atoms with van der Waals surface area (Å²) in [5.74, 6) is -0.0602. The summed E-state index contributed by atoms with van der Waals surface area (Å²) in [5, 5.41) is 2.74. The van der Waals surface area contributed by atoms with Crippen LogP contribution in [0.15, 0.2) is 34.1 Å². The lowest BCUT2D eigenvalue weighted by Gasteiger charge is -2.04. The van der Waals surface area contributed by atoms with E-state index in [1.807, 2.05) is 11.4 Å². The van der Waals surface area contributed by atoms with Crippen molar-refractivity contribution in [3.63, 3.8) is 0 Å². The molecule has 1 nitrogen and oxygen atoms in total. The van der Waals surface area contributed by atoms with Gasteiger partial charge in [-0.25, -0.2) is 0 Å². The molecule has 0 atom stereocenters. The molecule has 0 radical (unpaired) electrons. The molecular weight excluding hydrogens is 343 g/mol. The van der Waals surface area contributed by atoms with Gasteiger partial charge in [0.25, 0.3) is 0 Å². The van der Waals surface area contributed by atoms with E-state index in [0.29, 0.717) is 22.0 Å². The number of Topliss-reactive ketones (excluding diaryl/α,β-unsaturated/α-hetero) is 1. The number of hydrogen-bond acceptors (Lipinski definition) is 2. The van der Waals surface area contributed by atoms with Gasteiger partial charge in [-0.3, -0.25) is 4.79 Å². The first-order chi connectivity index (χ1) is 8.08. The van der Waals surface area contributed by atoms with Gasteiger partial charge in [0.05, 0.1) is 15.6 Å². The predicted molar refractivity (Wildman–Crippen MR) is 76.5 cm³/mol. The van der Waals surface area contributed by atoms with E-state index in [9.17, 15) is 4.79 Å². The Morgan fingerprint density at radius 2 is 1.94 bits per heavy atom. The summed E-state index contributed by atoms with van der Waals surface area (Å²) < 4.78 is 0.982. The molecule has 1 aromatic heterocycles. The molecular formula is C12H7BrCl2OS. The third-order valence-corrected chi connectivity index (χ3v) is 4.53. The fourth-order valence-electron chi connectivity index (χ4n) is 1.46. The zero-order valence-electron chi connectivity index (χ0n) is 8.54. The molecule has 0 spiro atoms. The highest BCUT2D eigenvalue weighted by atomic mass is 79.9. The van der Waals surface area contributed by atoms with Crippen molar-refractivity contribution in [2.45, 2.75) is 6.42 Å². The van der Waals surface area contributed by atoms with Gasteiger partial charge in [0.2, 0.25) is 0 Å². The van der Waals surface area contributed by atoms with Crippen molar-refractivity contribution in [1.29, 1.82) is 0 Å². The number of carbonyl (C=O) groups is 1. The van der Waals surface area contributed by atoms with E-state index in [4.69, 9.17) is 23.2 Å². The van der Waals surface area contributed by atoms with Crippen LogP contribution in [0.4, 0.5) is 0 Å². The standard InChI is InChI=1S/C12H7BrCl2OS/c13-7-4-8(17-6-7)5-11(16)12-9(14)2-1-3-10(12)15/h1-4,6H,5H2. The number of rotatable bonds is 3. The highest BCUT2D eigenvalue weighted by molar-refractivity contribution is 9.10. The zero-order valence-corrected chi connectivity index (χ0v) is 12.5. The number of thiophene rings is 1. The summed E-state index contributed by atoms with van der Waals surface area (Å²) in [6.45, 7) is 0. The van der Waals surface area contributed by atoms with E-state index in [2.05, 4.69) is 15.9 Å². The smallest absolute Gasteiger partial charge is 0.171 e. The van der Waals surface area contributed by atoms with E-state index in [-0.39, 0.29) is 5.78 Å². The summed E-state index contributed by atoms with van der Waals surface area (Å²) in [7, 11) is 0. The Labute approximate surface area is 121 Å². The Hall–Kier alpha value is -0.350. The zero-order chi connectivity index (χ0) is 12.4. The number of halogens is 3. The molecule has 0 saturated heterocycles. The lowest BCUT2D eigenvalue weighted by atomic mass is 10.1. The van der Waals surface area contributed by atoms with Crippen LogP contribution in [-0.4, -0.2) is 5.78 Å². The predicted octanol–water partition coefficient (Wildman–Crippen LogP) is 5.24. The number of benzene rings is 1. The molecule has 1 heterocycles. The summed E-state index contributed by atoms with van der Waals surface area (Å²) in [6, 6.07) is 6.99. The normalized spacial score (nSPS) is 10.5. The second-order valence-corrected chi connectivity index (χ2v) is 6.15. The Morgan fingerprint density at radius 3 is 2.47 bits per heavy atom. The van der Waals surface area contributed by atoms with E-state index in [1.165, 1.54) is 11.3 Å². The fraction of sp³-hybridized carbons (Fsp3) is 0.0833. The van der Waals surface area contributed by atoms with Crippen molar-refractivity contribution in [1.82, 2.24) is 0 Å². The molecule has 17 heavy (non-hydrogen) atoms. The van der Waals surface area contributed by atoms with Gasteiger partial charge in [0, 0.05) is 21.2 Å². The minimum absolute atomic E-state index is 0.0602. The molecule has 1 aromatic carbocycles. The Kier molecular flexibility index (Phi) is 4.26. The molecule has 0 saturated carbocycles. The van der Waals surface area contributed by atoms with Crippen molar-refractivity contribution in [3.8, 4) is 0 Å².